The average molecular weight is 795 g/mol. The van der Waals surface area contributed by atoms with Crippen LogP contribution in [-0.4, -0.2) is 9.97 Å². The first-order valence-electron chi connectivity index (χ1n) is 20.7. The van der Waals surface area contributed by atoms with Gasteiger partial charge in [0.1, 0.15) is 11.5 Å². The van der Waals surface area contributed by atoms with Gasteiger partial charge in [0, 0.05) is 48.0 Å². The molecule has 1 aliphatic heterocycles. The molecule has 0 N–H and O–H groups in total. The van der Waals surface area contributed by atoms with Crippen molar-refractivity contribution in [1.29, 1.82) is 0 Å². The topological polar surface area (TPSA) is 35.0 Å². The van der Waals surface area contributed by atoms with E-state index in [9.17, 15) is 0 Å². The van der Waals surface area contributed by atoms with E-state index in [1.54, 1.807) is 0 Å². The van der Waals surface area contributed by atoms with Gasteiger partial charge in [-0.2, -0.15) is 0 Å². The van der Waals surface area contributed by atoms with Crippen molar-refractivity contribution in [2.45, 2.75) is 5.41 Å². The lowest BCUT2D eigenvalue weighted by molar-refractivity contribution is 0.436. The SMILES string of the molecule is c1ccc2c(c1)Oc1ccccc1C21c2ccccc2-c2c(-c3nc(-c4ccccc4-c4cccc5ccccc45)cc(-c4cccc5c4sc4ccccc45)n3)cccc21. The summed E-state index contributed by atoms with van der Waals surface area (Å²) in [6.07, 6.45) is 0. The summed E-state index contributed by atoms with van der Waals surface area (Å²) in [5.41, 5.74) is 13.7. The van der Waals surface area contributed by atoms with E-state index in [2.05, 4.69) is 206 Å². The highest BCUT2D eigenvalue weighted by molar-refractivity contribution is 7.26. The van der Waals surface area contributed by atoms with E-state index in [4.69, 9.17) is 14.7 Å². The zero-order chi connectivity index (χ0) is 40.1. The maximum Gasteiger partial charge on any atom is 0.161 e. The normalized spacial score (nSPS) is 13.2. The van der Waals surface area contributed by atoms with Crippen LogP contribution in [0.3, 0.4) is 0 Å². The molecule has 284 valence electrons. The van der Waals surface area contributed by atoms with Crippen LogP contribution in [0.2, 0.25) is 0 Å². The fraction of sp³-hybridized carbons (Fsp3) is 0.0175. The Morgan fingerprint density at radius 3 is 1.72 bits per heavy atom. The molecule has 4 heteroatoms. The van der Waals surface area contributed by atoms with Gasteiger partial charge in [-0.15, -0.1) is 11.3 Å². The largest absolute Gasteiger partial charge is 0.457 e. The Morgan fingerprint density at radius 1 is 0.377 bits per heavy atom. The van der Waals surface area contributed by atoms with E-state index in [1.165, 1.54) is 53.2 Å². The highest BCUT2D eigenvalue weighted by Gasteiger charge is 2.51. The van der Waals surface area contributed by atoms with Crippen molar-refractivity contribution in [2.75, 3.05) is 0 Å². The van der Waals surface area contributed by atoms with Crippen LogP contribution in [0.1, 0.15) is 22.3 Å². The first kappa shape index (κ1) is 34.2. The third-order valence-electron chi connectivity index (χ3n) is 12.8. The first-order chi connectivity index (χ1) is 30.3. The standard InChI is InChI=1S/C57H34N2OS/c1-2-18-36-35(16-1)17-13-23-37(36)38-19-3-4-20-39(38)49-34-50(43-25-14-24-41-40-21-6-12-33-53(40)61-55(41)43)59-56(58-49)44-26-15-30-48-54(44)42-22-5-7-27-45(42)57(48)46-28-8-10-31-51(46)60-52-32-11-9-29-47(52)57/h1-34H. The van der Waals surface area contributed by atoms with Crippen LogP contribution in [-0.2, 0) is 5.41 Å². The van der Waals surface area contributed by atoms with Gasteiger partial charge in [-0.1, -0.05) is 182 Å². The Kier molecular flexibility index (Phi) is 7.39. The molecule has 0 saturated carbocycles. The number of nitrogens with zero attached hydrogens (tertiary/aromatic N) is 2. The monoisotopic (exact) mass is 794 g/mol. The minimum atomic E-state index is -0.600. The molecule has 13 rings (SSSR count). The van der Waals surface area contributed by atoms with Crippen LogP contribution >= 0.6 is 11.3 Å². The Morgan fingerprint density at radius 2 is 0.902 bits per heavy atom. The zero-order valence-electron chi connectivity index (χ0n) is 32.8. The van der Waals surface area contributed by atoms with Gasteiger partial charge < -0.3 is 4.74 Å². The average Bonchev–Trinajstić information content (AvgIpc) is 3.86. The Balaban J connectivity index is 1.12. The van der Waals surface area contributed by atoms with Crippen molar-refractivity contribution in [3.63, 3.8) is 0 Å². The van der Waals surface area contributed by atoms with Gasteiger partial charge in [-0.05, 0) is 68.4 Å². The van der Waals surface area contributed by atoms with Gasteiger partial charge in [0.15, 0.2) is 5.82 Å². The van der Waals surface area contributed by atoms with Gasteiger partial charge in [-0.3, -0.25) is 0 Å². The number of aromatic nitrogens is 2. The summed E-state index contributed by atoms with van der Waals surface area (Å²) in [5, 5.41) is 4.92. The summed E-state index contributed by atoms with van der Waals surface area (Å²) in [7, 11) is 0. The van der Waals surface area contributed by atoms with Gasteiger partial charge in [0.05, 0.1) is 16.8 Å². The molecule has 2 aromatic heterocycles. The molecule has 3 heterocycles. The quantitative estimate of drug-likeness (QED) is 0.178. The number of para-hydroxylation sites is 2. The maximum absolute atomic E-state index is 6.65. The van der Waals surface area contributed by atoms with E-state index in [1.807, 2.05) is 11.3 Å². The molecule has 1 spiro atoms. The number of rotatable bonds is 4. The predicted octanol–water partition coefficient (Wildman–Crippen LogP) is 15.1. The summed E-state index contributed by atoms with van der Waals surface area (Å²) in [4.78, 5) is 11.2. The lowest BCUT2D eigenvalue weighted by Gasteiger charge is -2.39. The Hall–Kier alpha value is -7.66. The van der Waals surface area contributed by atoms with Crippen LogP contribution in [0.15, 0.2) is 206 Å². The molecule has 1 aliphatic carbocycles. The molecule has 2 aliphatic rings. The van der Waals surface area contributed by atoms with Gasteiger partial charge in [-0.25, -0.2) is 9.97 Å². The number of benzene rings is 9. The van der Waals surface area contributed by atoms with Crippen molar-refractivity contribution >= 4 is 42.3 Å². The van der Waals surface area contributed by atoms with Crippen molar-refractivity contribution in [1.82, 2.24) is 9.97 Å². The van der Waals surface area contributed by atoms with Crippen molar-refractivity contribution in [2.24, 2.45) is 0 Å². The summed E-state index contributed by atoms with van der Waals surface area (Å²) >= 11 is 1.83. The lowest BCUT2D eigenvalue weighted by atomic mass is 9.66. The number of hydrogen-bond donors (Lipinski definition) is 0. The summed E-state index contributed by atoms with van der Waals surface area (Å²) in [6.45, 7) is 0. The predicted molar refractivity (Wildman–Crippen MR) is 252 cm³/mol. The minimum absolute atomic E-state index is 0.600. The molecule has 0 bridgehead atoms. The zero-order valence-corrected chi connectivity index (χ0v) is 33.7. The number of thiophene rings is 1. The number of hydrogen-bond acceptors (Lipinski definition) is 4. The highest BCUT2D eigenvalue weighted by atomic mass is 32.1. The van der Waals surface area contributed by atoms with Gasteiger partial charge >= 0.3 is 0 Å². The third kappa shape index (κ3) is 4.91. The molecule has 11 aromatic rings. The fourth-order valence-electron chi connectivity index (χ4n) is 10.3. The second-order valence-electron chi connectivity index (χ2n) is 15.9. The maximum atomic E-state index is 6.65. The molecule has 0 saturated heterocycles. The van der Waals surface area contributed by atoms with E-state index in [0.717, 1.165) is 61.8 Å². The van der Waals surface area contributed by atoms with Crippen LogP contribution in [0.4, 0.5) is 0 Å². The lowest BCUT2D eigenvalue weighted by Crippen LogP contribution is -2.32. The summed E-state index contributed by atoms with van der Waals surface area (Å²) < 4.78 is 9.13. The molecule has 3 nitrogen and oxygen atoms in total. The molecule has 0 atom stereocenters. The molecule has 0 fully saturated rings. The van der Waals surface area contributed by atoms with Crippen molar-refractivity contribution in [3.05, 3.63) is 229 Å². The Bertz CT molecular complexity index is 3550. The second-order valence-corrected chi connectivity index (χ2v) is 17.0. The Labute approximate surface area is 356 Å². The van der Waals surface area contributed by atoms with Crippen LogP contribution < -0.4 is 4.74 Å². The summed E-state index contributed by atoms with van der Waals surface area (Å²) in [5.74, 6) is 2.43. The molecular formula is C57H34N2OS. The van der Waals surface area contributed by atoms with Crippen LogP contribution in [0.25, 0.3) is 87.1 Å². The van der Waals surface area contributed by atoms with Crippen molar-refractivity contribution < 1.29 is 4.74 Å². The van der Waals surface area contributed by atoms with E-state index in [-0.39, 0.29) is 0 Å². The smallest absolute Gasteiger partial charge is 0.161 e. The number of fused-ring (bicyclic) bond motifs is 13. The van der Waals surface area contributed by atoms with E-state index < -0.39 is 5.41 Å². The van der Waals surface area contributed by atoms with Crippen LogP contribution in [0, 0.1) is 0 Å². The minimum Gasteiger partial charge on any atom is -0.457 e. The highest BCUT2D eigenvalue weighted by Crippen LogP contribution is 2.63. The number of ether oxygens (including phenoxy) is 1. The van der Waals surface area contributed by atoms with Crippen molar-refractivity contribution in [3.8, 4) is 67.7 Å². The molecule has 0 amide bonds. The molecule has 61 heavy (non-hydrogen) atoms. The molecular weight excluding hydrogens is 761 g/mol. The molecule has 0 unspecified atom stereocenters. The van der Waals surface area contributed by atoms with Gasteiger partial charge in [0.2, 0.25) is 0 Å². The summed E-state index contributed by atoms with van der Waals surface area (Å²) in [6, 6.07) is 74.0. The fourth-order valence-corrected chi connectivity index (χ4v) is 11.5. The molecule has 9 aromatic carbocycles. The van der Waals surface area contributed by atoms with Gasteiger partial charge in [0.25, 0.3) is 0 Å². The van der Waals surface area contributed by atoms with Crippen LogP contribution in [0.5, 0.6) is 11.5 Å². The molecule has 0 radical (unpaired) electrons. The van der Waals surface area contributed by atoms with E-state index in [0.29, 0.717) is 5.82 Å². The third-order valence-corrected chi connectivity index (χ3v) is 14.0. The second kappa shape index (κ2) is 13.2. The first-order valence-corrected chi connectivity index (χ1v) is 21.6. The van der Waals surface area contributed by atoms with E-state index >= 15 is 0 Å².